The highest BCUT2D eigenvalue weighted by Crippen LogP contribution is 2.30. The van der Waals surface area contributed by atoms with Crippen molar-refractivity contribution in [3.05, 3.63) is 81.2 Å². The highest BCUT2D eigenvalue weighted by atomic mass is 32.1. The second kappa shape index (κ2) is 7.54. The highest BCUT2D eigenvalue weighted by Gasteiger charge is 2.19. The molecular formula is C23H15N5O3S2. The number of aryl methyl sites for hydroxylation is 1. The van der Waals surface area contributed by atoms with E-state index in [2.05, 4.69) is 20.3 Å². The molecule has 0 aliphatic rings. The number of nitrogens with one attached hydrogen (secondary N) is 2. The van der Waals surface area contributed by atoms with Gasteiger partial charge in [-0.1, -0.05) is 47.7 Å². The van der Waals surface area contributed by atoms with Crippen LogP contribution < -0.4 is 11.1 Å². The maximum absolute atomic E-state index is 13.0. The fourth-order valence-electron chi connectivity index (χ4n) is 3.63. The summed E-state index contributed by atoms with van der Waals surface area (Å²) < 4.78 is 7.06. The maximum Gasteiger partial charge on any atom is 0.417 e. The van der Waals surface area contributed by atoms with E-state index in [9.17, 15) is 9.59 Å². The van der Waals surface area contributed by atoms with Gasteiger partial charge in [0.15, 0.2) is 15.7 Å². The predicted molar refractivity (Wildman–Crippen MR) is 129 cm³/mol. The van der Waals surface area contributed by atoms with Crippen molar-refractivity contribution in [2.75, 3.05) is 5.32 Å². The van der Waals surface area contributed by atoms with Gasteiger partial charge in [0.05, 0.1) is 16.9 Å². The lowest BCUT2D eigenvalue weighted by Crippen LogP contribution is -2.11. The number of fused-ring (bicyclic) bond motifs is 2. The van der Waals surface area contributed by atoms with Gasteiger partial charge in [-0.3, -0.25) is 19.5 Å². The van der Waals surface area contributed by atoms with Gasteiger partial charge >= 0.3 is 5.76 Å². The van der Waals surface area contributed by atoms with E-state index in [0.717, 1.165) is 27.5 Å². The molecule has 0 unspecified atom stereocenters. The van der Waals surface area contributed by atoms with E-state index in [1.54, 1.807) is 12.1 Å². The first kappa shape index (κ1) is 19.6. The first-order valence-electron chi connectivity index (χ1n) is 9.99. The molecule has 162 valence electrons. The van der Waals surface area contributed by atoms with Crippen molar-refractivity contribution >= 4 is 49.8 Å². The van der Waals surface area contributed by atoms with E-state index >= 15 is 0 Å². The Balaban J connectivity index is 1.25. The molecule has 4 heterocycles. The van der Waals surface area contributed by atoms with Crippen LogP contribution in [0.3, 0.4) is 0 Å². The molecule has 0 spiro atoms. The lowest BCUT2D eigenvalue weighted by molar-refractivity contribution is 0.102. The van der Waals surface area contributed by atoms with Crippen LogP contribution in [0.2, 0.25) is 0 Å². The molecule has 6 aromatic rings. The average molecular weight is 474 g/mol. The summed E-state index contributed by atoms with van der Waals surface area (Å²) in [5.74, 6) is -0.723. The van der Waals surface area contributed by atoms with E-state index in [-0.39, 0.29) is 5.91 Å². The van der Waals surface area contributed by atoms with Gasteiger partial charge in [0, 0.05) is 28.4 Å². The summed E-state index contributed by atoms with van der Waals surface area (Å²) in [7, 11) is 0. The molecule has 0 radical (unpaired) electrons. The van der Waals surface area contributed by atoms with Crippen LogP contribution in [0.5, 0.6) is 0 Å². The molecule has 1 amide bonds. The summed E-state index contributed by atoms with van der Waals surface area (Å²) in [6.07, 6.45) is 1.95. The van der Waals surface area contributed by atoms with Crippen molar-refractivity contribution < 1.29 is 9.21 Å². The van der Waals surface area contributed by atoms with E-state index in [1.165, 1.54) is 22.7 Å². The number of hydrogen-bond acceptors (Lipinski definition) is 7. The van der Waals surface area contributed by atoms with Crippen molar-refractivity contribution in [3.8, 4) is 22.5 Å². The fourth-order valence-corrected chi connectivity index (χ4v) is 5.35. The Kier molecular flexibility index (Phi) is 4.49. The van der Waals surface area contributed by atoms with Gasteiger partial charge in [0.2, 0.25) is 0 Å². The Morgan fingerprint density at radius 3 is 2.76 bits per heavy atom. The molecule has 6 rings (SSSR count). The van der Waals surface area contributed by atoms with E-state index < -0.39 is 5.76 Å². The minimum atomic E-state index is -0.498. The molecular weight excluding hydrogens is 458 g/mol. The Morgan fingerprint density at radius 2 is 1.94 bits per heavy atom. The number of thiazole rings is 2. The maximum atomic E-state index is 13.0. The number of imidazole rings is 1. The topological polar surface area (TPSA) is 105 Å². The molecule has 0 fully saturated rings. The molecule has 33 heavy (non-hydrogen) atoms. The molecule has 8 nitrogen and oxygen atoms in total. The first-order valence-corrected chi connectivity index (χ1v) is 11.7. The molecule has 2 N–H and O–H groups in total. The molecule has 0 aliphatic carbocycles. The van der Waals surface area contributed by atoms with Crippen LogP contribution in [0.25, 0.3) is 38.6 Å². The Labute approximate surface area is 194 Å². The number of amides is 1. The van der Waals surface area contributed by atoms with Gasteiger partial charge in [-0.2, -0.15) is 0 Å². The second-order valence-electron chi connectivity index (χ2n) is 7.38. The number of aromatic nitrogens is 4. The predicted octanol–water partition coefficient (Wildman–Crippen LogP) is 5.18. The Morgan fingerprint density at radius 1 is 1.09 bits per heavy atom. The number of carbonyl (C=O) groups excluding carboxylic acids is 1. The van der Waals surface area contributed by atoms with Crippen molar-refractivity contribution in [3.63, 3.8) is 0 Å². The molecule has 0 atom stereocenters. The number of oxazole rings is 1. The Hall–Kier alpha value is -4.02. The van der Waals surface area contributed by atoms with Crippen LogP contribution >= 0.6 is 22.7 Å². The van der Waals surface area contributed by atoms with Crippen LogP contribution in [-0.2, 0) is 0 Å². The monoisotopic (exact) mass is 473 g/mol. The first-order chi connectivity index (χ1) is 16.0. The molecule has 0 aliphatic heterocycles. The molecule has 0 saturated heterocycles. The summed E-state index contributed by atoms with van der Waals surface area (Å²) in [4.78, 5) is 37.5. The number of nitrogens with zero attached hydrogens (tertiary/aromatic N) is 3. The number of rotatable bonds is 4. The Bertz CT molecular complexity index is 1700. The standard InChI is InChI=1S/C23H15N5O3S2/c1-12-19(33-22-25-16(10-28(12)22)13-5-3-2-4-6-13)20(29)27-21-24-17(11-32-21)14-7-8-15-18(9-14)31-23(30)26-15/h2-11H,1H3,(H,26,30)(H,24,27,29). The minimum Gasteiger partial charge on any atom is -0.408 e. The molecule has 0 bridgehead atoms. The summed E-state index contributed by atoms with van der Waals surface area (Å²) in [5, 5.41) is 5.22. The molecule has 2 aromatic carbocycles. The number of H-pyrrole nitrogens is 1. The van der Waals surface area contributed by atoms with E-state index in [4.69, 9.17) is 4.42 Å². The SMILES string of the molecule is Cc1c(C(=O)Nc2nc(-c3ccc4[nH]c(=O)oc4c3)cs2)sc2nc(-c3ccccc3)cn12. The molecule has 4 aromatic heterocycles. The smallest absolute Gasteiger partial charge is 0.408 e. The van der Waals surface area contributed by atoms with E-state index in [0.29, 0.717) is 26.8 Å². The largest absolute Gasteiger partial charge is 0.417 e. The number of aromatic amines is 1. The zero-order valence-electron chi connectivity index (χ0n) is 17.2. The van der Waals surface area contributed by atoms with Gasteiger partial charge < -0.3 is 4.42 Å². The van der Waals surface area contributed by atoms with Gasteiger partial charge in [-0.05, 0) is 19.1 Å². The zero-order chi connectivity index (χ0) is 22.5. The van der Waals surface area contributed by atoms with Crippen molar-refractivity contribution in [1.29, 1.82) is 0 Å². The third kappa shape index (κ3) is 3.45. The molecule has 0 saturated carbocycles. The summed E-state index contributed by atoms with van der Waals surface area (Å²) >= 11 is 2.68. The highest BCUT2D eigenvalue weighted by molar-refractivity contribution is 7.19. The fraction of sp³-hybridized carbons (Fsp3) is 0.0435. The van der Waals surface area contributed by atoms with Crippen molar-refractivity contribution in [2.45, 2.75) is 6.92 Å². The normalized spacial score (nSPS) is 11.4. The summed E-state index contributed by atoms with van der Waals surface area (Å²) in [6, 6.07) is 15.3. The van der Waals surface area contributed by atoms with Crippen LogP contribution in [0.15, 0.2) is 69.3 Å². The van der Waals surface area contributed by atoms with Gasteiger partial charge in [-0.15, -0.1) is 11.3 Å². The van der Waals surface area contributed by atoms with Crippen LogP contribution in [0.4, 0.5) is 5.13 Å². The van der Waals surface area contributed by atoms with Gasteiger partial charge in [-0.25, -0.2) is 14.8 Å². The number of hydrogen-bond donors (Lipinski definition) is 2. The van der Waals surface area contributed by atoms with E-state index in [1.807, 2.05) is 59.3 Å². The van der Waals surface area contributed by atoms with Crippen molar-refractivity contribution in [1.82, 2.24) is 19.4 Å². The minimum absolute atomic E-state index is 0.225. The second-order valence-corrected chi connectivity index (χ2v) is 9.21. The van der Waals surface area contributed by atoms with Crippen molar-refractivity contribution in [2.24, 2.45) is 0 Å². The lowest BCUT2D eigenvalue weighted by Gasteiger charge is -2.01. The lowest BCUT2D eigenvalue weighted by atomic mass is 10.1. The van der Waals surface area contributed by atoms with Crippen LogP contribution in [0, 0.1) is 6.92 Å². The van der Waals surface area contributed by atoms with Crippen LogP contribution in [0.1, 0.15) is 15.4 Å². The molecule has 10 heteroatoms. The number of anilines is 1. The summed E-state index contributed by atoms with van der Waals surface area (Å²) in [6.45, 7) is 1.90. The average Bonchev–Trinajstić information content (AvgIpc) is 3.58. The number of benzene rings is 2. The quantitative estimate of drug-likeness (QED) is 0.367. The number of carbonyl (C=O) groups is 1. The van der Waals surface area contributed by atoms with Gasteiger partial charge in [0.25, 0.3) is 5.91 Å². The van der Waals surface area contributed by atoms with Crippen LogP contribution in [-0.4, -0.2) is 25.3 Å². The summed E-state index contributed by atoms with van der Waals surface area (Å²) in [5.41, 5.74) is 5.30. The third-order valence-electron chi connectivity index (χ3n) is 5.27. The van der Waals surface area contributed by atoms with Gasteiger partial charge in [0.1, 0.15) is 4.88 Å². The third-order valence-corrected chi connectivity index (χ3v) is 7.19. The zero-order valence-corrected chi connectivity index (χ0v) is 18.8.